The maximum Gasteiger partial charge on any atom is 0.236 e. The van der Waals surface area contributed by atoms with Crippen LogP contribution in [0.2, 0.25) is 0 Å². The molecule has 0 saturated carbocycles. The average molecular weight is 345 g/mol. The molecule has 5 nitrogen and oxygen atoms in total. The Morgan fingerprint density at radius 3 is 2.40 bits per heavy atom. The van der Waals surface area contributed by atoms with E-state index in [1.165, 1.54) is 5.56 Å². The molecule has 0 aliphatic carbocycles. The van der Waals surface area contributed by atoms with Crippen molar-refractivity contribution in [3.8, 4) is 0 Å². The van der Waals surface area contributed by atoms with E-state index in [-0.39, 0.29) is 24.4 Å². The Bertz CT molecular complexity index is 551. The van der Waals surface area contributed by atoms with Crippen molar-refractivity contribution in [1.82, 2.24) is 15.1 Å². The fraction of sp³-hybridized carbons (Fsp3) is 0.600. The maximum atomic E-state index is 12.4. The Morgan fingerprint density at radius 2 is 1.80 bits per heavy atom. The van der Waals surface area contributed by atoms with Gasteiger partial charge in [-0.15, -0.1) is 0 Å². The predicted molar refractivity (Wildman–Crippen MR) is 100 cm³/mol. The van der Waals surface area contributed by atoms with Crippen molar-refractivity contribution in [3.63, 3.8) is 0 Å². The lowest BCUT2D eigenvalue weighted by Gasteiger charge is -2.33. The molecule has 5 heteroatoms. The molecular formula is C20H31N3O2. The number of hydrogen-bond donors (Lipinski definition) is 1. The maximum absolute atomic E-state index is 12.4. The molecule has 0 unspecified atom stereocenters. The number of rotatable bonds is 7. The minimum atomic E-state index is -0.0353. The number of amides is 2. The normalized spacial score (nSPS) is 15.6. The molecule has 2 amide bonds. The molecule has 0 spiro atoms. The number of likely N-dealkylation sites (tertiary alicyclic amines) is 1. The lowest BCUT2D eigenvalue weighted by molar-refractivity contribution is -0.134. The van der Waals surface area contributed by atoms with E-state index in [2.05, 4.69) is 29.6 Å². The molecule has 1 aromatic carbocycles. The van der Waals surface area contributed by atoms with Crippen LogP contribution in [-0.2, 0) is 16.0 Å². The van der Waals surface area contributed by atoms with Crippen molar-refractivity contribution < 1.29 is 9.59 Å². The van der Waals surface area contributed by atoms with Crippen LogP contribution in [0.1, 0.15) is 32.3 Å². The second kappa shape index (κ2) is 9.56. The van der Waals surface area contributed by atoms with E-state index >= 15 is 0 Å². The molecule has 0 atom stereocenters. The van der Waals surface area contributed by atoms with Crippen molar-refractivity contribution in [1.29, 1.82) is 0 Å². The smallest absolute Gasteiger partial charge is 0.236 e. The highest BCUT2D eigenvalue weighted by Gasteiger charge is 2.24. The van der Waals surface area contributed by atoms with Crippen LogP contribution in [0.25, 0.3) is 0 Å². The van der Waals surface area contributed by atoms with Gasteiger partial charge in [-0.25, -0.2) is 0 Å². The second-order valence-corrected chi connectivity index (χ2v) is 7.41. The summed E-state index contributed by atoms with van der Waals surface area (Å²) in [5.74, 6) is 0.742. The van der Waals surface area contributed by atoms with Crippen LogP contribution in [-0.4, -0.2) is 60.9 Å². The molecule has 0 bridgehead atoms. The highest BCUT2D eigenvalue weighted by molar-refractivity contribution is 5.81. The molecule has 1 N–H and O–H groups in total. The molecule has 25 heavy (non-hydrogen) atoms. The zero-order valence-corrected chi connectivity index (χ0v) is 15.7. The van der Waals surface area contributed by atoms with Crippen LogP contribution >= 0.6 is 0 Å². The third-order valence-electron chi connectivity index (χ3n) is 4.60. The van der Waals surface area contributed by atoms with Gasteiger partial charge in [0.25, 0.3) is 0 Å². The Kier molecular flexibility index (Phi) is 7.44. The molecule has 1 aromatic rings. The van der Waals surface area contributed by atoms with E-state index < -0.39 is 0 Å². The molecule has 1 heterocycles. The first-order valence-corrected chi connectivity index (χ1v) is 9.23. The first-order valence-electron chi connectivity index (χ1n) is 9.23. The van der Waals surface area contributed by atoms with Gasteiger partial charge in [-0.2, -0.15) is 0 Å². The fourth-order valence-corrected chi connectivity index (χ4v) is 3.33. The topological polar surface area (TPSA) is 52.7 Å². The monoisotopic (exact) mass is 345 g/mol. The largest absolute Gasteiger partial charge is 0.353 e. The van der Waals surface area contributed by atoms with Crippen LogP contribution in [0.3, 0.4) is 0 Å². The number of nitrogens with zero attached hydrogens (tertiary/aromatic N) is 2. The van der Waals surface area contributed by atoms with E-state index in [1.54, 1.807) is 4.90 Å². The molecule has 1 aliphatic rings. The van der Waals surface area contributed by atoms with Crippen LogP contribution in [0.5, 0.6) is 0 Å². The zero-order valence-electron chi connectivity index (χ0n) is 15.7. The standard InChI is InChI=1S/C20H31N3O2/c1-16(2)21-19(24)14-22(3)15-20(25)23-11-9-18(10-12-23)13-17-7-5-4-6-8-17/h4-8,16,18H,9-15H2,1-3H3,(H,21,24). The molecule has 1 saturated heterocycles. The third kappa shape index (κ3) is 6.86. The lowest BCUT2D eigenvalue weighted by atomic mass is 9.90. The van der Waals surface area contributed by atoms with Gasteiger partial charge in [0.1, 0.15) is 0 Å². The van der Waals surface area contributed by atoms with Crippen LogP contribution in [0.4, 0.5) is 0 Å². The van der Waals surface area contributed by atoms with Gasteiger partial charge in [0, 0.05) is 19.1 Å². The molecule has 0 aromatic heterocycles. The molecule has 0 radical (unpaired) electrons. The Balaban J connectivity index is 1.71. The van der Waals surface area contributed by atoms with Gasteiger partial charge >= 0.3 is 0 Å². The Hall–Kier alpha value is -1.88. The number of hydrogen-bond acceptors (Lipinski definition) is 3. The summed E-state index contributed by atoms with van der Waals surface area (Å²) in [5, 5.41) is 2.85. The van der Waals surface area contributed by atoms with Gasteiger partial charge in [-0.05, 0) is 51.6 Å². The van der Waals surface area contributed by atoms with Gasteiger partial charge in [0.15, 0.2) is 0 Å². The van der Waals surface area contributed by atoms with Crippen molar-refractivity contribution in [3.05, 3.63) is 35.9 Å². The summed E-state index contributed by atoms with van der Waals surface area (Å²) in [5.41, 5.74) is 1.38. The molecule has 2 rings (SSSR count). The van der Waals surface area contributed by atoms with Gasteiger partial charge < -0.3 is 10.2 Å². The van der Waals surface area contributed by atoms with E-state index in [0.29, 0.717) is 12.5 Å². The summed E-state index contributed by atoms with van der Waals surface area (Å²) < 4.78 is 0. The number of likely N-dealkylation sites (N-methyl/N-ethyl adjacent to an activating group) is 1. The van der Waals surface area contributed by atoms with E-state index in [9.17, 15) is 9.59 Å². The quantitative estimate of drug-likeness (QED) is 0.821. The number of nitrogens with one attached hydrogen (secondary N) is 1. The van der Waals surface area contributed by atoms with Crippen molar-refractivity contribution in [2.45, 2.75) is 39.2 Å². The van der Waals surface area contributed by atoms with Gasteiger partial charge in [0.2, 0.25) is 11.8 Å². The molecule has 1 fully saturated rings. The van der Waals surface area contributed by atoms with E-state index in [1.807, 2.05) is 31.9 Å². The lowest BCUT2D eigenvalue weighted by Crippen LogP contribution is -2.46. The SMILES string of the molecule is CC(C)NC(=O)CN(C)CC(=O)N1CCC(Cc2ccccc2)CC1. The van der Waals surface area contributed by atoms with Crippen LogP contribution < -0.4 is 5.32 Å². The minimum Gasteiger partial charge on any atom is -0.353 e. The summed E-state index contributed by atoms with van der Waals surface area (Å²) in [6.45, 7) is 6.07. The summed E-state index contributed by atoms with van der Waals surface area (Å²) in [4.78, 5) is 27.9. The number of carbonyl (C=O) groups is 2. The summed E-state index contributed by atoms with van der Waals surface area (Å²) in [6, 6.07) is 10.7. The fourth-order valence-electron chi connectivity index (χ4n) is 3.33. The third-order valence-corrected chi connectivity index (χ3v) is 4.60. The predicted octanol–water partition coefficient (Wildman–Crippen LogP) is 1.92. The molecule has 138 valence electrons. The average Bonchev–Trinajstić information content (AvgIpc) is 2.55. The highest BCUT2D eigenvalue weighted by Crippen LogP contribution is 2.21. The zero-order chi connectivity index (χ0) is 18.2. The summed E-state index contributed by atoms with van der Waals surface area (Å²) in [6.07, 6.45) is 3.20. The molecule has 1 aliphatic heterocycles. The first-order chi connectivity index (χ1) is 11.9. The van der Waals surface area contributed by atoms with Gasteiger partial charge in [-0.3, -0.25) is 14.5 Å². The summed E-state index contributed by atoms with van der Waals surface area (Å²) in [7, 11) is 1.82. The minimum absolute atomic E-state index is 0.0353. The summed E-state index contributed by atoms with van der Waals surface area (Å²) >= 11 is 0. The van der Waals surface area contributed by atoms with Gasteiger partial charge in [-0.1, -0.05) is 30.3 Å². The van der Waals surface area contributed by atoms with Crippen molar-refractivity contribution >= 4 is 11.8 Å². The number of piperidine rings is 1. The van der Waals surface area contributed by atoms with Crippen molar-refractivity contribution in [2.75, 3.05) is 33.2 Å². The second-order valence-electron chi connectivity index (χ2n) is 7.41. The van der Waals surface area contributed by atoms with Crippen LogP contribution in [0.15, 0.2) is 30.3 Å². The number of benzene rings is 1. The van der Waals surface area contributed by atoms with E-state index in [0.717, 1.165) is 32.4 Å². The first kappa shape index (κ1) is 19.4. The highest BCUT2D eigenvalue weighted by atomic mass is 16.2. The molecular weight excluding hydrogens is 314 g/mol. The number of carbonyl (C=O) groups excluding carboxylic acids is 2. The Morgan fingerprint density at radius 1 is 1.16 bits per heavy atom. The van der Waals surface area contributed by atoms with E-state index in [4.69, 9.17) is 0 Å². The van der Waals surface area contributed by atoms with Gasteiger partial charge in [0.05, 0.1) is 13.1 Å². The van der Waals surface area contributed by atoms with Crippen molar-refractivity contribution in [2.24, 2.45) is 5.92 Å². The van der Waals surface area contributed by atoms with Crippen LogP contribution in [0, 0.1) is 5.92 Å². The Labute approximate surface area is 151 Å².